The topological polar surface area (TPSA) is 56.8 Å². The number of methoxy groups -OCH3 is 1. The van der Waals surface area contributed by atoms with E-state index in [2.05, 4.69) is 5.32 Å². The van der Waals surface area contributed by atoms with Crippen molar-refractivity contribution in [2.24, 2.45) is 0 Å². The highest BCUT2D eigenvalue weighted by Gasteiger charge is 2.35. The van der Waals surface area contributed by atoms with Crippen LogP contribution in [0, 0.1) is 0 Å². The van der Waals surface area contributed by atoms with Gasteiger partial charge in [0.25, 0.3) is 5.91 Å². The Morgan fingerprint density at radius 1 is 1.03 bits per heavy atom. The second-order valence-corrected chi connectivity index (χ2v) is 8.30. The second kappa shape index (κ2) is 8.72. The average Bonchev–Trinajstić information content (AvgIpc) is 2.77. The first-order valence-corrected chi connectivity index (χ1v) is 10.4. The van der Waals surface area contributed by atoms with Crippen LogP contribution in [0.5, 0.6) is 17.2 Å². The molecule has 0 aliphatic carbocycles. The number of hydrogen-bond acceptors (Lipinski definition) is 4. The monoisotopic (exact) mass is 417 g/mol. The molecule has 0 spiro atoms. The molecule has 0 saturated heterocycles. The Kier molecular flexibility index (Phi) is 5.85. The van der Waals surface area contributed by atoms with Crippen molar-refractivity contribution in [3.8, 4) is 17.2 Å². The number of hydrogen-bond donors (Lipinski definition) is 1. The summed E-state index contributed by atoms with van der Waals surface area (Å²) in [6, 6.07) is 22.7. The molecule has 3 aromatic carbocycles. The lowest BCUT2D eigenvalue weighted by atomic mass is 9.89. The molecule has 5 nitrogen and oxygen atoms in total. The lowest BCUT2D eigenvalue weighted by Gasteiger charge is -2.38. The third kappa shape index (κ3) is 5.00. The van der Waals surface area contributed by atoms with Gasteiger partial charge in [-0.3, -0.25) is 4.79 Å². The molecule has 1 amide bonds. The Labute approximate surface area is 183 Å². The number of carbonyl (C=O) groups excluding carboxylic acids is 1. The fraction of sp³-hybridized carbons (Fsp3) is 0.269. The molecule has 0 aromatic heterocycles. The molecule has 1 aliphatic rings. The maximum atomic E-state index is 13.1. The highest BCUT2D eigenvalue weighted by atomic mass is 16.5. The fourth-order valence-corrected chi connectivity index (χ4v) is 3.80. The first-order valence-electron chi connectivity index (χ1n) is 10.4. The van der Waals surface area contributed by atoms with Gasteiger partial charge in [-0.15, -0.1) is 0 Å². The molecule has 5 heteroatoms. The van der Waals surface area contributed by atoms with Crippen molar-refractivity contribution >= 4 is 5.91 Å². The van der Waals surface area contributed by atoms with Gasteiger partial charge >= 0.3 is 0 Å². The van der Waals surface area contributed by atoms with Crippen LogP contribution in [-0.2, 0) is 6.61 Å². The summed E-state index contributed by atoms with van der Waals surface area (Å²) in [7, 11) is 1.63. The predicted molar refractivity (Wildman–Crippen MR) is 120 cm³/mol. The van der Waals surface area contributed by atoms with Crippen molar-refractivity contribution in [2.75, 3.05) is 7.11 Å². The zero-order chi connectivity index (χ0) is 21.8. The SMILES string of the molecule is COc1ccc2c(c1)[C@H](NC(=O)c1cccc(OCc3ccccc3)c1)CC(C)(C)O2. The van der Waals surface area contributed by atoms with Gasteiger partial charge in [0.05, 0.1) is 13.2 Å². The first kappa shape index (κ1) is 20.8. The summed E-state index contributed by atoms with van der Waals surface area (Å²) in [5.41, 5.74) is 2.16. The van der Waals surface area contributed by atoms with E-state index in [0.717, 1.165) is 22.6 Å². The number of benzene rings is 3. The van der Waals surface area contributed by atoms with Crippen molar-refractivity contribution < 1.29 is 19.0 Å². The van der Waals surface area contributed by atoms with Crippen LogP contribution in [0.2, 0.25) is 0 Å². The second-order valence-electron chi connectivity index (χ2n) is 8.30. The highest BCUT2D eigenvalue weighted by molar-refractivity contribution is 5.95. The Morgan fingerprint density at radius 2 is 1.84 bits per heavy atom. The third-order valence-electron chi connectivity index (χ3n) is 5.32. The maximum absolute atomic E-state index is 13.1. The van der Waals surface area contributed by atoms with Crippen molar-refractivity contribution in [1.82, 2.24) is 5.32 Å². The van der Waals surface area contributed by atoms with Crippen LogP contribution >= 0.6 is 0 Å². The smallest absolute Gasteiger partial charge is 0.251 e. The van der Waals surface area contributed by atoms with Crippen LogP contribution in [-0.4, -0.2) is 18.6 Å². The van der Waals surface area contributed by atoms with Gasteiger partial charge in [0.15, 0.2) is 0 Å². The summed E-state index contributed by atoms with van der Waals surface area (Å²) in [6.45, 7) is 4.50. The van der Waals surface area contributed by atoms with E-state index in [-0.39, 0.29) is 17.6 Å². The Bertz CT molecular complexity index is 1060. The summed E-state index contributed by atoms with van der Waals surface area (Å²) in [4.78, 5) is 13.1. The van der Waals surface area contributed by atoms with Gasteiger partial charge < -0.3 is 19.5 Å². The normalized spacial score (nSPS) is 16.5. The zero-order valence-corrected chi connectivity index (χ0v) is 18.1. The van der Waals surface area contributed by atoms with Gasteiger partial charge in [0.2, 0.25) is 0 Å². The van der Waals surface area contributed by atoms with E-state index >= 15 is 0 Å². The molecule has 0 bridgehead atoms. The van der Waals surface area contributed by atoms with Crippen LogP contribution in [0.1, 0.15) is 47.8 Å². The van der Waals surface area contributed by atoms with E-state index in [1.165, 1.54) is 0 Å². The van der Waals surface area contributed by atoms with Crippen LogP contribution in [0.25, 0.3) is 0 Å². The van der Waals surface area contributed by atoms with E-state index < -0.39 is 0 Å². The predicted octanol–water partition coefficient (Wildman–Crippen LogP) is 5.31. The van der Waals surface area contributed by atoms with Gasteiger partial charge in [-0.2, -0.15) is 0 Å². The zero-order valence-electron chi connectivity index (χ0n) is 18.1. The summed E-state index contributed by atoms with van der Waals surface area (Å²) < 4.78 is 17.3. The Morgan fingerprint density at radius 3 is 2.61 bits per heavy atom. The van der Waals surface area contributed by atoms with Crippen LogP contribution < -0.4 is 19.5 Å². The molecule has 3 aromatic rings. The molecule has 31 heavy (non-hydrogen) atoms. The lowest BCUT2D eigenvalue weighted by Crippen LogP contribution is -2.41. The molecule has 4 rings (SSSR count). The summed E-state index contributed by atoms with van der Waals surface area (Å²) in [6.07, 6.45) is 0.656. The largest absolute Gasteiger partial charge is 0.497 e. The molecule has 0 saturated carbocycles. The van der Waals surface area contributed by atoms with Gasteiger partial charge in [0.1, 0.15) is 29.5 Å². The highest BCUT2D eigenvalue weighted by Crippen LogP contribution is 2.41. The molecule has 160 valence electrons. The van der Waals surface area contributed by atoms with Crippen molar-refractivity contribution in [3.63, 3.8) is 0 Å². The number of fused-ring (bicyclic) bond motifs is 1. The van der Waals surface area contributed by atoms with E-state index in [4.69, 9.17) is 14.2 Å². The molecule has 0 radical (unpaired) electrons. The van der Waals surface area contributed by atoms with Gasteiger partial charge in [-0.1, -0.05) is 36.4 Å². The summed E-state index contributed by atoms with van der Waals surface area (Å²) in [5, 5.41) is 3.17. The van der Waals surface area contributed by atoms with Crippen molar-refractivity contribution in [2.45, 2.75) is 38.5 Å². The van der Waals surface area contributed by atoms with E-state index in [1.807, 2.05) is 74.5 Å². The quantitative estimate of drug-likeness (QED) is 0.591. The van der Waals surface area contributed by atoms with E-state index in [1.54, 1.807) is 19.2 Å². The van der Waals surface area contributed by atoms with Gasteiger partial charge in [-0.05, 0) is 55.8 Å². The number of carbonyl (C=O) groups is 1. The fourth-order valence-electron chi connectivity index (χ4n) is 3.80. The minimum Gasteiger partial charge on any atom is -0.497 e. The van der Waals surface area contributed by atoms with Crippen LogP contribution in [0.4, 0.5) is 0 Å². The maximum Gasteiger partial charge on any atom is 0.251 e. The molecule has 0 fully saturated rings. The minimum atomic E-state index is -0.389. The van der Waals surface area contributed by atoms with Gasteiger partial charge in [0, 0.05) is 17.5 Å². The summed E-state index contributed by atoms with van der Waals surface area (Å²) >= 11 is 0. The molecule has 1 atom stereocenters. The van der Waals surface area contributed by atoms with E-state index in [9.17, 15) is 4.79 Å². The van der Waals surface area contributed by atoms with Gasteiger partial charge in [-0.25, -0.2) is 0 Å². The molecule has 1 N–H and O–H groups in total. The van der Waals surface area contributed by atoms with Crippen LogP contribution in [0.15, 0.2) is 72.8 Å². The molecular formula is C26H27NO4. The Balaban J connectivity index is 1.50. The van der Waals surface area contributed by atoms with E-state index in [0.29, 0.717) is 24.3 Å². The van der Waals surface area contributed by atoms with Crippen molar-refractivity contribution in [3.05, 3.63) is 89.5 Å². The number of amides is 1. The Hall–Kier alpha value is -3.47. The standard InChI is InChI=1S/C26H27NO4/c1-26(2)16-23(22-15-20(29-3)12-13-24(22)31-26)27-25(28)19-10-7-11-21(14-19)30-17-18-8-5-4-6-9-18/h4-15,23H,16-17H2,1-3H3,(H,27,28)/t23-/m1/s1. The molecule has 1 aliphatic heterocycles. The summed E-state index contributed by atoms with van der Waals surface area (Å²) in [5.74, 6) is 2.01. The van der Waals surface area contributed by atoms with Crippen LogP contribution in [0.3, 0.4) is 0 Å². The number of nitrogens with one attached hydrogen (secondary N) is 1. The third-order valence-corrected chi connectivity index (χ3v) is 5.32. The van der Waals surface area contributed by atoms with Crippen molar-refractivity contribution in [1.29, 1.82) is 0 Å². The first-order chi connectivity index (χ1) is 14.9. The lowest BCUT2D eigenvalue weighted by molar-refractivity contribution is 0.0618. The molecule has 0 unspecified atom stereocenters. The number of ether oxygens (including phenoxy) is 3. The molecule has 1 heterocycles. The molecular weight excluding hydrogens is 390 g/mol. The minimum absolute atomic E-state index is 0.151. The number of rotatable bonds is 6. The average molecular weight is 418 g/mol.